The van der Waals surface area contributed by atoms with Gasteiger partial charge in [-0.25, -0.2) is 0 Å². The van der Waals surface area contributed by atoms with Crippen molar-refractivity contribution in [1.29, 1.82) is 0 Å². The van der Waals surface area contributed by atoms with Gasteiger partial charge < -0.3 is 10.2 Å². The van der Waals surface area contributed by atoms with Gasteiger partial charge in [-0.3, -0.25) is 4.79 Å². The molecule has 0 saturated heterocycles. The van der Waals surface area contributed by atoms with Crippen LogP contribution in [0.15, 0.2) is 23.8 Å². The molecule has 0 amide bonds. The van der Waals surface area contributed by atoms with Crippen molar-refractivity contribution in [3.63, 3.8) is 0 Å². The number of aliphatic hydroxyl groups is 2. The number of fused-ring (bicyclic) bond motifs is 5. The van der Waals surface area contributed by atoms with Crippen molar-refractivity contribution >= 4 is 5.78 Å². The summed E-state index contributed by atoms with van der Waals surface area (Å²) in [5.41, 5.74) is 0.167. The fourth-order valence-corrected chi connectivity index (χ4v) is 7.00. The average Bonchev–Trinajstić information content (AvgIpc) is 2.79. The number of allylic oxidation sites excluding steroid dienone is 4. The van der Waals surface area contributed by atoms with E-state index in [2.05, 4.69) is 20.8 Å². The third-order valence-corrected chi connectivity index (χ3v) is 8.40. The molecule has 132 valence electrons. The van der Waals surface area contributed by atoms with Gasteiger partial charge in [0.25, 0.3) is 0 Å². The molecule has 0 radical (unpaired) electrons. The lowest BCUT2D eigenvalue weighted by Gasteiger charge is -2.60. The summed E-state index contributed by atoms with van der Waals surface area (Å²) in [7, 11) is 0. The van der Waals surface area contributed by atoms with Crippen molar-refractivity contribution in [2.45, 2.75) is 71.0 Å². The number of carbonyl (C=O) groups is 1. The van der Waals surface area contributed by atoms with Crippen LogP contribution in [0.1, 0.15) is 59.3 Å². The summed E-state index contributed by atoms with van der Waals surface area (Å²) in [6.45, 7) is 6.48. The van der Waals surface area contributed by atoms with E-state index in [1.807, 2.05) is 6.08 Å². The van der Waals surface area contributed by atoms with E-state index in [1.54, 1.807) is 12.2 Å². The minimum atomic E-state index is -0.640. The van der Waals surface area contributed by atoms with Gasteiger partial charge in [0, 0.05) is 16.7 Å². The van der Waals surface area contributed by atoms with Gasteiger partial charge in [-0.15, -0.1) is 0 Å². The summed E-state index contributed by atoms with van der Waals surface area (Å²) < 4.78 is 0. The number of aliphatic hydroxyl groups excluding tert-OH is 1. The summed E-state index contributed by atoms with van der Waals surface area (Å²) >= 11 is 0. The van der Waals surface area contributed by atoms with E-state index < -0.39 is 11.7 Å². The fourth-order valence-electron chi connectivity index (χ4n) is 7.00. The topological polar surface area (TPSA) is 57.5 Å². The molecule has 0 heterocycles. The van der Waals surface area contributed by atoms with E-state index in [0.29, 0.717) is 18.3 Å². The smallest absolute Gasteiger partial charge is 0.178 e. The van der Waals surface area contributed by atoms with Crippen molar-refractivity contribution in [3.05, 3.63) is 23.8 Å². The number of ketones is 1. The summed E-state index contributed by atoms with van der Waals surface area (Å²) in [5, 5.41) is 22.4. The molecular formula is C21H30O3. The lowest BCUT2D eigenvalue weighted by Crippen LogP contribution is -2.59. The Labute approximate surface area is 144 Å². The predicted octanol–water partition coefficient (Wildman–Crippen LogP) is 3.41. The van der Waals surface area contributed by atoms with Gasteiger partial charge >= 0.3 is 0 Å². The first-order valence-electron chi connectivity index (χ1n) is 9.60. The summed E-state index contributed by atoms with van der Waals surface area (Å²) in [4.78, 5) is 11.8. The predicted molar refractivity (Wildman–Crippen MR) is 93.2 cm³/mol. The third-order valence-electron chi connectivity index (χ3n) is 8.40. The molecule has 0 spiro atoms. The number of carbonyl (C=O) groups excluding carboxylic acids is 1. The Morgan fingerprint density at radius 2 is 2.04 bits per heavy atom. The lowest BCUT2D eigenvalue weighted by atomic mass is 9.46. The Balaban J connectivity index is 1.75. The number of hydrogen-bond acceptors (Lipinski definition) is 3. The zero-order chi connectivity index (χ0) is 17.3. The van der Waals surface area contributed by atoms with Crippen LogP contribution in [0.5, 0.6) is 0 Å². The Morgan fingerprint density at radius 3 is 2.75 bits per heavy atom. The van der Waals surface area contributed by atoms with Crippen LogP contribution in [0.25, 0.3) is 0 Å². The molecule has 4 unspecified atom stereocenters. The van der Waals surface area contributed by atoms with E-state index in [0.717, 1.165) is 32.1 Å². The average molecular weight is 330 g/mol. The first-order chi connectivity index (χ1) is 11.2. The van der Waals surface area contributed by atoms with Crippen molar-refractivity contribution in [2.24, 2.45) is 28.6 Å². The van der Waals surface area contributed by atoms with Gasteiger partial charge in [-0.05, 0) is 62.5 Å². The summed E-state index contributed by atoms with van der Waals surface area (Å²) in [5.74, 6) is 1.15. The van der Waals surface area contributed by atoms with Crippen LogP contribution >= 0.6 is 0 Å². The largest absolute Gasteiger partial charge is 0.393 e. The molecule has 0 bridgehead atoms. The van der Waals surface area contributed by atoms with Crippen LogP contribution in [-0.2, 0) is 4.79 Å². The highest BCUT2D eigenvalue weighted by atomic mass is 16.3. The van der Waals surface area contributed by atoms with Gasteiger partial charge in [0.1, 0.15) is 0 Å². The summed E-state index contributed by atoms with van der Waals surface area (Å²) in [6.07, 6.45) is 10.4. The molecule has 2 N–H and O–H groups in total. The van der Waals surface area contributed by atoms with Crippen LogP contribution in [0.4, 0.5) is 0 Å². The normalized spacial score (nSPS) is 53.2. The maximum absolute atomic E-state index is 11.8. The number of hydrogen-bond donors (Lipinski definition) is 2. The molecule has 4 rings (SSSR count). The maximum Gasteiger partial charge on any atom is 0.178 e. The second-order valence-electron chi connectivity index (χ2n) is 9.14. The minimum Gasteiger partial charge on any atom is -0.393 e. The Morgan fingerprint density at radius 1 is 1.29 bits per heavy atom. The van der Waals surface area contributed by atoms with E-state index >= 15 is 0 Å². The molecule has 0 aromatic rings. The molecular weight excluding hydrogens is 300 g/mol. The van der Waals surface area contributed by atoms with Crippen molar-refractivity contribution < 1.29 is 15.0 Å². The molecule has 24 heavy (non-hydrogen) atoms. The molecule has 0 aliphatic heterocycles. The first-order valence-corrected chi connectivity index (χ1v) is 9.60. The first kappa shape index (κ1) is 16.5. The van der Waals surface area contributed by atoms with Crippen LogP contribution < -0.4 is 0 Å². The zero-order valence-corrected chi connectivity index (χ0v) is 15.1. The molecule has 4 aliphatic rings. The minimum absolute atomic E-state index is 0.0808. The standard InChI is InChI=1S/C21H30O3/c1-4-21(24)10-8-16-15-6-5-13-11-14(22)7-9-19(13,2)18(15)17(23)12-20(16,21)3/h7,9,11,15-18,23-24H,4-6,8,10,12H2,1-3H3/t15?,16?,17?,18?,19-,20-,21+/m0/s1. The van der Waals surface area contributed by atoms with Gasteiger partial charge in [-0.2, -0.15) is 0 Å². The number of rotatable bonds is 1. The maximum atomic E-state index is 11.8. The van der Waals surface area contributed by atoms with E-state index in [9.17, 15) is 15.0 Å². The van der Waals surface area contributed by atoms with Crippen molar-refractivity contribution in [2.75, 3.05) is 0 Å². The van der Waals surface area contributed by atoms with Crippen molar-refractivity contribution in [1.82, 2.24) is 0 Å². The molecule has 3 nitrogen and oxygen atoms in total. The van der Waals surface area contributed by atoms with Crippen molar-refractivity contribution in [3.8, 4) is 0 Å². The third kappa shape index (κ3) is 1.89. The molecule has 0 aromatic heterocycles. The molecule has 4 aliphatic carbocycles. The van der Waals surface area contributed by atoms with Gasteiger partial charge in [-0.1, -0.05) is 32.4 Å². The monoisotopic (exact) mass is 330 g/mol. The lowest BCUT2D eigenvalue weighted by molar-refractivity contribution is -0.164. The Bertz CT molecular complexity index is 635. The molecule has 3 heteroatoms. The van der Waals surface area contributed by atoms with Crippen LogP contribution in [0.2, 0.25) is 0 Å². The highest BCUT2D eigenvalue weighted by Crippen LogP contribution is 2.67. The van der Waals surface area contributed by atoms with Gasteiger partial charge in [0.05, 0.1) is 11.7 Å². The SMILES string of the molecule is CC[C@@]1(O)CCC2C3CCC4=CC(=O)C=C[C@]4(C)C3C(O)C[C@@]21C. The Kier molecular flexibility index (Phi) is 3.48. The van der Waals surface area contributed by atoms with Crippen LogP contribution in [0, 0.1) is 28.6 Å². The fraction of sp³-hybridized carbons (Fsp3) is 0.762. The quantitative estimate of drug-likeness (QED) is 0.775. The highest BCUT2D eigenvalue weighted by molar-refractivity contribution is 6.01. The van der Waals surface area contributed by atoms with E-state index in [1.165, 1.54) is 5.57 Å². The molecule has 7 atom stereocenters. The van der Waals surface area contributed by atoms with E-state index in [4.69, 9.17) is 0 Å². The Hall–Kier alpha value is -0.930. The second-order valence-corrected chi connectivity index (χ2v) is 9.14. The van der Waals surface area contributed by atoms with Crippen LogP contribution in [-0.4, -0.2) is 27.7 Å². The van der Waals surface area contributed by atoms with Gasteiger partial charge in [0.2, 0.25) is 0 Å². The molecule has 0 aromatic carbocycles. The van der Waals surface area contributed by atoms with Gasteiger partial charge in [0.15, 0.2) is 5.78 Å². The second kappa shape index (κ2) is 5.04. The summed E-state index contributed by atoms with van der Waals surface area (Å²) in [6, 6.07) is 0. The molecule has 3 saturated carbocycles. The zero-order valence-electron chi connectivity index (χ0n) is 15.1. The molecule has 3 fully saturated rings. The van der Waals surface area contributed by atoms with Crippen LogP contribution in [0.3, 0.4) is 0 Å². The van der Waals surface area contributed by atoms with E-state index in [-0.39, 0.29) is 22.5 Å². The highest BCUT2D eigenvalue weighted by Gasteiger charge is 2.65.